The van der Waals surface area contributed by atoms with E-state index in [4.69, 9.17) is 4.74 Å². The summed E-state index contributed by atoms with van der Waals surface area (Å²) in [6.45, 7) is 8.11. The summed E-state index contributed by atoms with van der Waals surface area (Å²) >= 11 is 1.49. The molecule has 0 bridgehead atoms. The van der Waals surface area contributed by atoms with Crippen LogP contribution in [-0.4, -0.2) is 22.1 Å². The number of carbonyl (C=O) groups excluding carboxylic acids is 1. The van der Waals surface area contributed by atoms with Gasteiger partial charge in [0.05, 0.1) is 12.0 Å². The first kappa shape index (κ1) is 21.8. The molecule has 164 valence electrons. The fraction of sp³-hybridized carbons (Fsp3) is 0.240. The van der Waals surface area contributed by atoms with E-state index in [-0.39, 0.29) is 18.0 Å². The predicted octanol–water partition coefficient (Wildman–Crippen LogP) is 5.09. The zero-order valence-corrected chi connectivity index (χ0v) is 19.4. The summed E-state index contributed by atoms with van der Waals surface area (Å²) in [5, 5.41) is 3.44. The number of thiophene rings is 1. The molecule has 2 heterocycles. The van der Waals surface area contributed by atoms with Gasteiger partial charge >= 0.3 is 0 Å². The lowest BCUT2D eigenvalue weighted by Crippen LogP contribution is -2.30. The van der Waals surface area contributed by atoms with Gasteiger partial charge in [0.2, 0.25) is 5.91 Å². The minimum atomic E-state index is -0.264. The number of nitrogens with zero attached hydrogens (tertiary/aromatic N) is 2. The summed E-state index contributed by atoms with van der Waals surface area (Å²) in [4.78, 5) is 32.6. The van der Waals surface area contributed by atoms with E-state index in [2.05, 4.69) is 10.3 Å². The molecule has 0 saturated carbocycles. The molecular formula is C25H25N3O3S. The number of rotatable bonds is 6. The third-order valence-corrected chi connectivity index (χ3v) is 6.35. The van der Waals surface area contributed by atoms with Crippen LogP contribution in [0.4, 0.5) is 5.69 Å². The van der Waals surface area contributed by atoms with E-state index in [0.717, 1.165) is 33.0 Å². The molecule has 4 aromatic rings. The number of fused-ring (bicyclic) bond motifs is 1. The van der Waals surface area contributed by atoms with Crippen LogP contribution in [0.3, 0.4) is 0 Å². The Balaban J connectivity index is 1.73. The predicted molar refractivity (Wildman–Crippen MR) is 130 cm³/mol. The fourth-order valence-electron chi connectivity index (χ4n) is 3.76. The Morgan fingerprint density at radius 3 is 2.50 bits per heavy atom. The number of para-hydroxylation sites is 1. The van der Waals surface area contributed by atoms with Crippen LogP contribution in [0.15, 0.2) is 53.3 Å². The van der Waals surface area contributed by atoms with Crippen molar-refractivity contribution in [3.63, 3.8) is 0 Å². The summed E-state index contributed by atoms with van der Waals surface area (Å²) in [5.74, 6) is 1.04. The van der Waals surface area contributed by atoms with Crippen molar-refractivity contribution >= 4 is 33.1 Å². The summed E-state index contributed by atoms with van der Waals surface area (Å²) in [7, 11) is 0. The normalized spacial score (nSPS) is 11.0. The number of aromatic nitrogens is 2. The monoisotopic (exact) mass is 447 g/mol. The minimum Gasteiger partial charge on any atom is -0.494 e. The Morgan fingerprint density at radius 2 is 1.81 bits per heavy atom. The molecule has 32 heavy (non-hydrogen) atoms. The molecule has 0 unspecified atom stereocenters. The molecule has 0 spiro atoms. The van der Waals surface area contributed by atoms with Crippen LogP contribution in [-0.2, 0) is 11.3 Å². The summed E-state index contributed by atoms with van der Waals surface area (Å²) in [6, 6.07) is 15.3. The summed E-state index contributed by atoms with van der Waals surface area (Å²) in [6.07, 6.45) is 0. The second-order valence-electron chi connectivity index (χ2n) is 7.58. The Labute approximate surface area is 190 Å². The highest BCUT2D eigenvalue weighted by Gasteiger charge is 2.20. The Bertz CT molecular complexity index is 1350. The molecule has 2 aromatic carbocycles. The molecular weight excluding hydrogens is 422 g/mol. The number of carbonyl (C=O) groups is 1. The lowest BCUT2D eigenvalue weighted by Gasteiger charge is -2.12. The van der Waals surface area contributed by atoms with E-state index < -0.39 is 0 Å². The molecule has 6 nitrogen and oxygen atoms in total. The van der Waals surface area contributed by atoms with Crippen LogP contribution in [0, 0.1) is 20.8 Å². The average Bonchev–Trinajstić information content (AvgIpc) is 3.09. The quantitative estimate of drug-likeness (QED) is 0.447. The van der Waals surface area contributed by atoms with Crippen LogP contribution >= 0.6 is 11.3 Å². The van der Waals surface area contributed by atoms with Gasteiger partial charge in [0, 0.05) is 16.1 Å². The molecule has 0 radical (unpaired) electrons. The highest BCUT2D eigenvalue weighted by molar-refractivity contribution is 7.19. The maximum atomic E-state index is 13.5. The molecule has 0 atom stereocenters. The smallest absolute Gasteiger partial charge is 0.263 e. The average molecular weight is 448 g/mol. The number of aryl methyl sites for hydroxylation is 3. The summed E-state index contributed by atoms with van der Waals surface area (Å²) in [5.41, 5.74) is 3.28. The SMILES string of the molecule is CCOc1ccc(-c2c(C)sc3nc(C)n(CC(=O)Nc4ccccc4C)c(=O)c23)cc1. The number of hydrogen-bond donors (Lipinski definition) is 1. The van der Waals surface area contributed by atoms with Gasteiger partial charge in [0.1, 0.15) is 22.9 Å². The number of benzene rings is 2. The van der Waals surface area contributed by atoms with Crippen molar-refractivity contribution in [1.82, 2.24) is 9.55 Å². The zero-order chi connectivity index (χ0) is 22.8. The fourth-order valence-corrected chi connectivity index (χ4v) is 4.84. The van der Waals surface area contributed by atoms with Crippen LogP contribution in [0.1, 0.15) is 23.2 Å². The van der Waals surface area contributed by atoms with Gasteiger partial charge in [-0.05, 0) is 57.0 Å². The third kappa shape index (κ3) is 4.16. The first-order valence-corrected chi connectivity index (χ1v) is 11.3. The lowest BCUT2D eigenvalue weighted by molar-refractivity contribution is -0.116. The van der Waals surface area contributed by atoms with Crippen molar-refractivity contribution < 1.29 is 9.53 Å². The van der Waals surface area contributed by atoms with Crippen LogP contribution < -0.4 is 15.6 Å². The van der Waals surface area contributed by atoms with Gasteiger partial charge in [-0.1, -0.05) is 30.3 Å². The van der Waals surface area contributed by atoms with Gasteiger partial charge in [0.25, 0.3) is 5.56 Å². The number of ether oxygens (including phenoxy) is 1. The van der Waals surface area contributed by atoms with E-state index >= 15 is 0 Å². The van der Waals surface area contributed by atoms with Crippen LogP contribution in [0.2, 0.25) is 0 Å². The van der Waals surface area contributed by atoms with Gasteiger partial charge < -0.3 is 10.1 Å². The Morgan fingerprint density at radius 1 is 1.09 bits per heavy atom. The van der Waals surface area contributed by atoms with Gasteiger partial charge in [-0.2, -0.15) is 0 Å². The van der Waals surface area contributed by atoms with E-state index in [9.17, 15) is 9.59 Å². The molecule has 2 aromatic heterocycles. The molecule has 0 aliphatic carbocycles. The first-order chi connectivity index (χ1) is 15.4. The topological polar surface area (TPSA) is 73.2 Å². The molecule has 7 heteroatoms. The largest absolute Gasteiger partial charge is 0.494 e. The molecule has 0 fully saturated rings. The van der Waals surface area contributed by atoms with E-state index in [1.54, 1.807) is 6.92 Å². The summed E-state index contributed by atoms with van der Waals surface area (Å²) < 4.78 is 6.98. The maximum Gasteiger partial charge on any atom is 0.263 e. The zero-order valence-electron chi connectivity index (χ0n) is 18.6. The molecule has 1 N–H and O–H groups in total. The molecule has 4 rings (SSSR count). The number of hydrogen-bond acceptors (Lipinski definition) is 5. The molecule has 0 aliphatic heterocycles. The highest BCUT2D eigenvalue weighted by Crippen LogP contribution is 2.36. The second kappa shape index (κ2) is 8.96. The molecule has 0 aliphatic rings. The van der Waals surface area contributed by atoms with Crippen LogP contribution in [0.25, 0.3) is 21.3 Å². The number of amides is 1. The highest BCUT2D eigenvalue weighted by atomic mass is 32.1. The van der Waals surface area contributed by atoms with Gasteiger partial charge in [-0.15, -0.1) is 11.3 Å². The maximum absolute atomic E-state index is 13.5. The van der Waals surface area contributed by atoms with Crippen molar-refractivity contribution in [2.75, 3.05) is 11.9 Å². The lowest BCUT2D eigenvalue weighted by atomic mass is 10.0. The van der Waals surface area contributed by atoms with Gasteiger partial charge in [0.15, 0.2) is 0 Å². The van der Waals surface area contributed by atoms with Crippen molar-refractivity contribution in [3.8, 4) is 16.9 Å². The Hall–Kier alpha value is -3.45. The third-order valence-electron chi connectivity index (χ3n) is 5.35. The number of nitrogens with one attached hydrogen (secondary N) is 1. The molecule has 1 amide bonds. The van der Waals surface area contributed by atoms with Crippen molar-refractivity contribution in [3.05, 3.63) is 75.1 Å². The van der Waals surface area contributed by atoms with Gasteiger partial charge in [-0.25, -0.2) is 4.98 Å². The Kier molecular flexibility index (Phi) is 6.10. The number of anilines is 1. The van der Waals surface area contributed by atoms with Crippen molar-refractivity contribution in [2.24, 2.45) is 0 Å². The van der Waals surface area contributed by atoms with Crippen molar-refractivity contribution in [2.45, 2.75) is 34.2 Å². The second-order valence-corrected chi connectivity index (χ2v) is 8.79. The first-order valence-electron chi connectivity index (χ1n) is 10.5. The standard InChI is InChI=1S/C25H25N3O3S/c1-5-31-19-12-10-18(11-13-19)22-16(3)32-24-23(22)25(30)28(17(4)26-24)14-21(29)27-20-9-7-6-8-15(20)2/h6-13H,5,14H2,1-4H3,(H,27,29). The van der Waals surface area contributed by atoms with E-state index in [1.807, 2.05) is 69.3 Å². The molecule has 0 saturated heterocycles. The van der Waals surface area contributed by atoms with Crippen molar-refractivity contribution in [1.29, 1.82) is 0 Å². The van der Waals surface area contributed by atoms with E-state index in [0.29, 0.717) is 22.6 Å². The van der Waals surface area contributed by atoms with Gasteiger partial charge in [-0.3, -0.25) is 14.2 Å². The van der Waals surface area contributed by atoms with E-state index in [1.165, 1.54) is 15.9 Å². The minimum absolute atomic E-state index is 0.0977. The van der Waals surface area contributed by atoms with Crippen LogP contribution in [0.5, 0.6) is 5.75 Å².